The van der Waals surface area contributed by atoms with Crippen LogP contribution >= 0.6 is 0 Å². The molecule has 3 nitrogen and oxygen atoms in total. The molecule has 110 valence electrons. The topological polar surface area (TPSA) is 49.3 Å². The minimum Gasteiger partial charge on any atom is -0.478 e. The standard InChI is InChI=1S/C17H25NO2/c1-2-14-5-3-4-6-16(14)12-18-11-13-7-9-15(10-8-13)17(19)20/h7-10,14,16,18H,2-6,11-12H2,1H3,(H,19,20). The number of carboxylic acid groups (broad SMARTS) is 1. The quantitative estimate of drug-likeness (QED) is 0.832. The first-order valence-corrected chi connectivity index (χ1v) is 7.73. The number of hydrogen-bond acceptors (Lipinski definition) is 2. The SMILES string of the molecule is CCC1CCCCC1CNCc1ccc(C(=O)O)cc1. The van der Waals surface area contributed by atoms with E-state index in [2.05, 4.69) is 12.2 Å². The van der Waals surface area contributed by atoms with E-state index in [9.17, 15) is 4.79 Å². The highest BCUT2D eigenvalue weighted by atomic mass is 16.4. The lowest BCUT2D eigenvalue weighted by atomic mass is 9.78. The summed E-state index contributed by atoms with van der Waals surface area (Å²) in [5, 5.41) is 12.4. The summed E-state index contributed by atoms with van der Waals surface area (Å²) in [5.41, 5.74) is 1.51. The van der Waals surface area contributed by atoms with Crippen LogP contribution in [-0.4, -0.2) is 17.6 Å². The smallest absolute Gasteiger partial charge is 0.335 e. The molecule has 2 unspecified atom stereocenters. The van der Waals surface area contributed by atoms with Gasteiger partial charge in [-0.2, -0.15) is 0 Å². The van der Waals surface area contributed by atoms with Gasteiger partial charge >= 0.3 is 5.97 Å². The van der Waals surface area contributed by atoms with E-state index in [1.165, 1.54) is 32.1 Å². The van der Waals surface area contributed by atoms with Crippen LogP contribution in [0.5, 0.6) is 0 Å². The van der Waals surface area contributed by atoms with Crippen LogP contribution in [0, 0.1) is 11.8 Å². The Morgan fingerprint density at radius 3 is 2.45 bits per heavy atom. The first-order chi connectivity index (χ1) is 9.70. The fourth-order valence-electron chi connectivity index (χ4n) is 3.26. The molecule has 1 aromatic rings. The van der Waals surface area contributed by atoms with Crippen LogP contribution in [0.1, 0.15) is 54.9 Å². The van der Waals surface area contributed by atoms with Crippen molar-refractivity contribution in [2.45, 2.75) is 45.6 Å². The molecule has 0 radical (unpaired) electrons. The molecule has 2 rings (SSSR count). The predicted octanol–water partition coefficient (Wildman–Crippen LogP) is 3.69. The van der Waals surface area contributed by atoms with Crippen molar-refractivity contribution in [3.63, 3.8) is 0 Å². The fraction of sp³-hybridized carbons (Fsp3) is 0.588. The number of aromatic carboxylic acids is 1. The van der Waals surface area contributed by atoms with Gasteiger partial charge in [0.15, 0.2) is 0 Å². The molecular formula is C17H25NO2. The molecule has 1 saturated carbocycles. The molecule has 1 aromatic carbocycles. The second-order valence-electron chi connectivity index (χ2n) is 5.85. The van der Waals surface area contributed by atoms with Crippen molar-refractivity contribution >= 4 is 5.97 Å². The Labute approximate surface area is 121 Å². The third-order valence-corrected chi connectivity index (χ3v) is 4.53. The molecule has 1 aliphatic rings. The van der Waals surface area contributed by atoms with E-state index in [-0.39, 0.29) is 0 Å². The zero-order valence-corrected chi connectivity index (χ0v) is 12.3. The molecule has 0 saturated heterocycles. The first-order valence-electron chi connectivity index (χ1n) is 7.73. The monoisotopic (exact) mass is 275 g/mol. The maximum absolute atomic E-state index is 10.8. The van der Waals surface area contributed by atoms with E-state index in [4.69, 9.17) is 5.11 Å². The molecule has 0 amide bonds. The summed E-state index contributed by atoms with van der Waals surface area (Å²) in [7, 11) is 0. The maximum Gasteiger partial charge on any atom is 0.335 e. The van der Waals surface area contributed by atoms with Gasteiger partial charge in [-0.1, -0.05) is 44.7 Å². The van der Waals surface area contributed by atoms with E-state index >= 15 is 0 Å². The highest BCUT2D eigenvalue weighted by Gasteiger charge is 2.22. The van der Waals surface area contributed by atoms with Crippen LogP contribution in [0.3, 0.4) is 0 Å². The van der Waals surface area contributed by atoms with Crippen molar-refractivity contribution in [2.75, 3.05) is 6.54 Å². The Balaban J connectivity index is 1.78. The number of carboxylic acids is 1. The molecule has 2 atom stereocenters. The Kier molecular flexibility index (Phi) is 5.60. The number of carbonyl (C=O) groups is 1. The van der Waals surface area contributed by atoms with E-state index in [1.54, 1.807) is 12.1 Å². The number of rotatable bonds is 6. The first kappa shape index (κ1) is 15.0. The summed E-state index contributed by atoms with van der Waals surface area (Å²) < 4.78 is 0. The molecule has 0 heterocycles. The van der Waals surface area contributed by atoms with Gasteiger partial charge in [0, 0.05) is 6.54 Å². The molecule has 0 aromatic heterocycles. The summed E-state index contributed by atoms with van der Waals surface area (Å²) in [6.07, 6.45) is 6.79. The van der Waals surface area contributed by atoms with Gasteiger partial charge in [0.1, 0.15) is 0 Å². The molecule has 20 heavy (non-hydrogen) atoms. The van der Waals surface area contributed by atoms with Gasteiger partial charge < -0.3 is 10.4 Å². The number of nitrogens with one attached hydrogen (secondary N) is 1. The highest BCUT2D eigenvalue weighted by Crippen LogP contribution is 2.31. The Morgan fingerprint density at radius 1 is 1.20 bits per heavy atom. The molecule has 0 spiro atoms. The predicted molar refractivity (Wildman–Crippen MR) is 80.8 cm³/mol. The largest absolute Gasteiger partial charge is 0.478 e. The number of hydrogen-bond donors (Lipinski definition) is 2. The van der Waals surface area contributed by atoms with Gasteiger partial charge in [0.25, 0.3) is 0 Å². The van der Waals surface area contributed by atoms with Crippen molar-refractivity contribution in [2.24, 2.45) is 11.8 Å². The molecule has 2 N–H and O–H groups in total. The molecule has 3 heteroatoms. The van der Waals surface area contributed by atoms with E-state index in [0.717, 1.165) is 30.5 Å². The maximum atomic E-state index is 10.8. The van der Waals surface area contributed by atoms with Crippen molar-refractivity contribution in [3.8, 4) is 0 Å². The average Bonchev–Trinajstić information content (AvgIpc) is 2.48. The van der Waals surface area contributed by atoms with Gasteiger partial charge in [-0.05, 0) is 42.5 Å². The lowest BCUT2D eigenvalue weighted by molar-refractivity contribution is 0.0697. The summed E-state index contributed by atoms with van der Waals surface area (Å²) in [5.74, 6) is 0.829. The van der Waals surface area contributed by atoms with E-state index in [0.29, 0.717) is 5.56 Å². The fourth-order valence-corrected chi connectivity index (χ4v) is 3.26. The van der Waals surface area contributed by atoms with Crippen LogP contribution in [0.15, 0.2) is 24.3 Å². The van der Waals surface area contributed by atoms with E-state index < -0.39 is 5.97 Å². The van der Waals surface area contributed by atoms with Crippen LogP contribution in [-0.2, 0) is 6.54 Å². The second kappa shape index (κ2) is 7.44. The average molecular weight is 275 g/mol. The van der Waals surface area contributed by atoms with Crippen molar-refractivity contribution in [1.82, 2.24) is 5.32 Å². The Bertz CT molecular complexity index is 427. The van der Waals surface area contributed by atoms with Gasteiger partial charge in [-0.15, -0.1) is 0 Å². The minimum absolute atomic E-state index is 0.354. The van der Waals surface area contributed by atoms with Crippen molar-refractivity contribution < 1.29 is 9.90 Å². The minimum atomic E-state index is -0.863. The van der Waals surface area contributed by atoms with Gasteiger partial charge in [-0.25, -0.2) is 4.79 Å². The normalized spacial score (nSPS) is 22.6. The van der Waals surface area contributed by atoms with E-state index in [1.807, 2.05) is 12.1 Å². The lowest BCUT2D eigenvalue weighted by Gasteiger charge is -2.31. The third kappa shape index (κ3) is 4.07. The zero-order chi connectivity index (χ0) is 14.4. The Morgan fingerprint density at radius 2 is 1.85 bits per heavy atom. The van der Waals surface area contributed by atoms with Crippen LogP contribution in [0.2, 0.25) is 0 Å². The molecule has 0 aliphatic heterocycles. The third-order valence-electron chi connectivity index (χ3n) is 4.53. The van der Waals surface area contributed by atoms with Crippen LogP contribution in [0.25, 0.3) is 0 Å². The molecule has 0 bridgehead atoms. The summed E-state index contributed by atoms with van der Waals surface area (Å²) >= 11 is 0. The Hall–Kier alpha value is -1.35. The highest BCUT2D eigenvalue weighted by molar-refractivity contribution is 5.87. The van der Waals surface area contributed by atoms with Gasteiger partial charge in [0.05, 0.1) is 5.56 Å². The van der Waals surface area contributed by atoms with Gasteiger partial charge in [0.2, 0.25) is 0 Å². The summed E-state index contributed by atoms with van der Waals surface area (Å²) in [4.78, 5) is 10.8. The van der Waals surface area contributed by atoms with Crippen molar-refractivity contribution in [1.29, 1.82) is 0 Å². The summed E-state index contributed by atoms with van der Waals surface area (Å²) in [6, 6.07) is 7.15. The lowest BCUT2D eigenvalue weighted by Crippen LogP contribution is -2.30. The van der Waals surface area contributed by atoms with Crippen molar-refractivity contribution in [3.05, 3.63) is 35.4 Å². The van der Waals surface area contributed by atoms with Gasteiger partial charge in [-0.3, -0.25) is 0 Å². The summed E-state index contributed by atoms with van der Waals surface area (Å²) in [6.45, 7) is 4.21. The second-order valence-corrected chi connectivity index (χ2v) is 5.85. The van der Waals surface area contributed by atoms with Crippen LogP contribution in [0.4, 0.5) is 0 Å². The van der Waals surface area contributed by atoms with Crippen LogP contribution < -0.4 is 5.32 Å². The molecular weight excluding hydrogens is 250 g/mol. The molecule has 1 aliphatic carbocycles. The zero-order valence-electron chi connectivity index (χ0n) is 12.3. The number of benzene rings is 1. The molecule has 1 fully saturated rings.